The Hall–Kier alpha value is -3.61. The summed E-state index contributed by atoms with van der Waals surface area (Å²) in [6, 6.07) is 12.4. The quantitative estimate of drug-likeness (QED) is 0.582. The Bertz CT molecular complexity index is 1050. The topological polar surface area (TPSA) is 81.9 Å². The molecule has 1 aliphatic heterocycles. The highest BCUT2D eigenvalue weighted by atomic mass is 16.7. The van der Waals surface area contributed by atoms with Crippen LogP contribution in [-0.4, -0.2) is 29.4 Å². The smallest absolute Gasteiger partial charge is 0.271 e. The summed E-state index contributed by atoms with van der Waals surface area (Å²) in [5, 5.41) is 4.89. The van der Waals surface area contributed by atoms with Crippen LogP contribution in [0.1, 0.15) is 27.6 Å². The van der Waals surface area contributed by atoms with Crippen LogP contribution < -0.4 is 14.9 Å². The number of nitrogens with zero attached hydrogens (tertiary/aromatic N) is 2. The zero-order chi connectivity index (χ0) is 18.1. The van der Waals surface area contributed by atoms with Crippen molar-refractivity contribution >= 4 is 28.9 Å². The first-order valence-electron chi connectivity index (χ1n) is 7.97. The molecule has 0 aliphatic carbocycles. The van der Waals surface area contributed by atoms with Gasteiger partial charge in [-0.2, -0.15) is 5.10 Å². The van der Waals surface area contributed by atoms with Gasteiger partial charge in [0.15, 0.2) is 11.5 Å². The second kappa shape index (κ2) is 6.36. The number of carbonyl (C=O) groups is 2. The molecule has 1 N–H and O–H groups in total. The number of hydrogen-bond acceptors (Lipinski definition) is 5. The van der Waals surface area contributed by atoms with Crippen LogP contribution in [-0.2, 0) is 0 Å². The summed E-state index contributed by atoms with van der Waals surface area (Å²) < 4.78 is 12.0. The van der Waals surface area contributed by atoms with Crippen molar-refractivity contribution in [2.24, 2.45) is 5.10 Å². The summed E-state index contributed by atoms with van der Waals surface area (Å²) in [4.78, 5) is 24.0. The van der Waals surface area contributed by atoms with E-state index in [1.54, 1.807) is 29.0 Å². The Labute approximate surface area is 148 Å². The summed E-state index contributed by atoms with van der Waals surface area (Å²) in [6.45, 7) is 1.65. The minimum atomic E-state index is -0.366. The maximum Gasteiger partial charge on any atom is 0.271 e. The molecule has 7 heteroatoms. The van der Waals surface area contributed by atoms with Gasteiger partial charge in [-0.1, -0.05) is 18.2 Å². The van der Waals surface area contributed by atoms with Gasteiger partial charge in [0, 0.05) is 29.6 Å². The first-order valence-corrected chi connectivity index (χ1v) is 7.97. The lowest BCUT2D eigenvalue weighted by molar-refractivity contribution is 0.0937. The Morgan fingerprint density at radius 3 is 2.81 bits per heavy atom. The molecule has 1 aliphatic rings. The van der Waals surface area contributed by atoms with Crippen LogP contribution >= 0.6 is 0 Å². The zero-order valence-corrected chi connectivity index (χ0v) is 13.9. The molecule has 0 bridgehead atoms. The number of fused-ring (bicyclic) bond motifs is 2. The monoisotopic (exact) mass is 349 g/mol. The highest BCUT2D eigenvalue weighted by Crippen LogP contribution is 2.32. The average molecular weight is 349 g/mol. The molecule has 130 valence electrons. The van der Waals surface area contributed by atoms with E-state index in [-0.39, 0.29) is 18.6 Å². The van der Waals surface area contributed by atoms with Crippen LogP contribution in [0.15, 0.2) is 53.8 Å². The summed E-state index contributed by atoms with van der Waals surface area (Å²) in [5.41, 5.74) is 4.43. The average Bonchev–Trinajstić information content (AvgIpc) is 3.25. The summed E-state index contributed by atoms with van der Waals surface area (Å²) in [5.74, 6) is 0.688. The molecular weight excluding hydrogens is 334 g/mol. The molecule has 4 rings (SSSR count). The minimum Gasteiger partial charge on any atom is -0.454 e. The van der Waals surface area contributed by atoms with Gasteiger partial charge in [-0.05, 0) is 24.3 Å². The Morgan fingerprint density at radius 2 is 1.96 bits per heavy atom. The summed E-state index contributed by atoms with van der Waals surface area (Å²) >= 11 is 0. The highest BCUT2D eigenvalue weighted by molar-refractivity contribution is 6.04. The van der Waals surface area contributed by atoms with Crippen molar-refractivity contribution in [2.45, 2.75) is 6.92 Å². The number of hydrazone groups is 1. The van der Waals surface area contributed by atoms with Crippen molar-refractivity contribution in [3.05, 3.63) is 59.8 Å². The van der Waals surface area contributed by atoms with Crippen LogP contribution in [0.4, 0.5) is 0 Å². The number of amides is 1. The number of rotatable bonds is 3. The molecule has 0 radical (unpaired) electrons. The third-order valence-electron chi connectivity index (χ3n) is 4.09. The van der Waals surface area contributed by atoms with Crippen molar-refractivity contribution in [1.29, 1.82) is 0 Å². The summed E-state index contributed by atoms with van der Waals surface area (Å²) in [6.07, 6.45) is 3.22. The van der Waals surface area contributed by atoms with Crippen molar-refractivity contribution in [3.8, 4) is 11.5 Å². The predicted molar refractivity (Wildman–Crippen MR) is 95.9 cm³/mol. The summed E-state index contributed by atoms with van der Waals surface area (Å²) in [7, 11) is 0. The van der Waals surface area contributed by atoms with Crippen LogP contribution in [0.3, 0.4) is 0 Å². The van der Waals surface area contributed by atoms with E-state index in [1.807, 2.05) is 24.3 Å². The second-order valence-electron chi connectivity index (χ2n) is 5.76. The first-order chi connectivity index (χ1) is 12.6. The van der Waals surface area contributed by atoms with Crippen LogP contribution in [0, 0.1) is 0 Å². The number of hydrogen-bond donors (Lipinski definition) is 1. The van der Waals surface area contributed by atoms with Crippen molar-refractivity contribution in [1.82, 2.24) is 9.99 Å². The van der Waals surface area contributed by atoms with Crippen LogP contribution in [0.5, 0.6) is 11.5 Å². The molecule has 1 aromatic heterocycles. The molecule has 3 aromatic rings. The fourth-order valence-corrected chi connectivity index (χ4v) is 2.83. The van der Waals surface area contributed by atoms with Gasteiger partial charge in [0.05, 0.1) is 11.7 Å². The van der Waals surface area contributed by atoms with E-state index in [0.29, 0.717) is 17.1 Å². The van der Waals surface area contributed by atoms with Gasteiger partial charge in [0.2, 0.25) is 12.7 Å². The number of aromatic nitrogens is 1. The molecular formula is C19H15N3O4. The number of para-hydroxylation sites is 1. The number of ether oxygens (including phenoxy) is 2. The van der Waals surface area contributed by atoms with Crippen molar-refractivity contribution in [3.63, 3.8) is 0 Å². The van der Waals surface area contributed by atoms with Crippen LogP contribution in [0.2, 0.25) is 0 Å². The zero-order valence-electron chi connectivity index (χ0n) is 13.9. The van der Waals surface area contributed by atoms with Gasteiger partial charge < -0.3 is 9.47 Å². The lowest BCUT2D eigenvalue weighted by atomic mass is 10.2. The van der Waals surface area contributed by atoms with Gasteiger partial charge in [-0.15, -0.1) is 0 Å². The fourth-order valence-electron chi connectivity index (χ4n) is 2.83. The molecule has 2 aromatic carbocycles. The molecule has 2 heterocycles. The van der Waals surface area contributed by atoms with Gasteiger partial charge in [0.25, 0.3) is 5.91 Å². The van der Waals surface area contributed by atoms with E-state index >= 15 is 0 Å². The molecule has 7 nitrogen and oxygen atoms in total. The van der Waals surface area contributed by atoms with E-state index in [1.165, 1.54) is 13.1 Å². The lowest BCUT2D eigenvalue weighted by Gasteiger charge is -2.01. The fraction of sp³-hybridized carbons (Fsp3) is 0.105. The largest absolute Gasteiger partial charge is 0.454 e. The second-order valence-corrected chi connectivity index (χ2v) is 5.76. The Balaban J connectivity index is 1.55. The first kappa shape index (κ1) is 15.9. The maximum atomic E-state index is 12.2. The number of carbonyl (C=O) groups excluding carboxylic acids is 2. The Kier molecular flexibility index (Phi) is 3.89. The minimum absolute atomic E-state index is 0.0924. The van der Waals surface area contributed by atoms with Gasteiger partial charge in [-0.25, -0.2) is 5.43 Å². The highest BCUT2D eigenvalue weighted by Gasteiger charge is 2.16. The van der Waals surface area contributed by atoms with E-state index in [4.69, 9.17) is 9.47 Å². The molecule has 26 heavy (non-hydrogen) atoms. The van der Waals surface area contributed by atoms with Crippen LogP contribution in [0.25, 0.3) is 10.9 Å². The maximum absolute atomic E-state index is 12.2. The van der Waals surface area contributed by atoms with Crippen molar-refractivity contribution in [2.75, 3.05) is 6.79 Å². The molecule has 0 unspecified atom stereocenters. The lowest BCUT2D eigenvalue weighted by Crippen LogP contribution is -2.17. The molecule has 0 atom stereocenters. The van der Waals surface area contributed by atoms with E-state index < -0.39 is 0 Å². The van der Waals surface area contributed by atoms with E-state index in [0.717, 1.165) is 16.5 Å². The normalized spacial score (nSPS) is 12.7. The van der Waals surface area contributed by atoms with Gasteiger partial charge in [0.1, 0.15) is 0 Å². The molecule has 1 amide bonds. The van der Waals surface area contributed by atoms with Gasteiger partial charge >= 0.3 is 0 Å². The molecule has 0 spiro atoms. The molecule has 0 saturated heterocycles. The third-order valence-corrected chi connectivity index (χ3v) is 4.09. The SMILES string of the molecule is CC(=O)n1cc(C=NNC(=O)c2ccc3c(c2)OCO3)c2ccccc21. The number of nitrogens with one attached hydrogen (secondary N) is 1. The third kappa shape index (κ3) is 2.79. The van der Waals surface area contributed by atoms with Crippen molar-refractivity contribution < 1.29 is 19.1 Å². The molecule has 0 fully saturated rings. The van der Waals surface area contributed by atoms with E-state index in [9.17, 15) is 9.59 Å². The molecule has 0 saturated carbocycles. The van der Waals surface area contributed by atoms with E-state index in [2.05, 4.69) is 10.5 Å². The van der Waals surface area contributed by atoms with Gasteiger partial charge in [-0.3, -0.25) is 14.2 Å². The Morgan fingerprint density at radius 1 is 1.15 bits per heavy atom. The number of benzene rings is 2. The standard InChI is InChI=1S/C19H15N3O4/c1-12(23)22-10-14(15-4-2-3-5-16(15)22)9-20-21-19(24)13-6-7-17-18(8-13)26-11-25-17/h2-10H,11H2,1H3,(H,21,24). The predicted octanol–water partition coefficient (Wildman–Crippen LogP) is 2.79.